The molecule has 0 amide bonds. The first-order valence-corrected chi connectivity index (χ1v) is 6.17. The highest BCUT2D eigenvalue weighted by Gasteiger charge is 2.26. The number of hydrogen-bond acceptors (Lipinski definition) is 3. The van der Waals surface area contributed by atoms with Crippen LogP contribution in [-0.2, 0) is 0 Å². The van der Waals surface area contributed by atoms with Crippen molar-refractivity contribution in [2.75, 3.05) is 0 Å². The molecule has 0 aliphatic heterocycles. The van der Waals surface area contributed by atoms with E-state index in [0.29, 0.717) is 11.5 Å². The van der Waals surface area contributed by atoms with Gasteiger partial charge >= 0.3 is 0 Å². The SMILES string of the molecule is Cc1nc(C2CC2)ncc1-c1ccccc1C=O. The predicted molar refractivity (Wildman–Crippen MR) is 69.6 cm³/mol. The monoisotopic (exact) mass is 238 g/mol. The van der Waals surface area contributed by atoms with Crippen LogP contribution in [0, 0.1) is 6.92 Å². The molecule has 2 aromatic rings. The van der Waals surface area contributed by atoms with Crippen molar-refractivity contribution in [1.82, 2.24) is 9.97 Å². The highest BCUT2D eigenvalue weighted by molar-refractivity contribution is 5.87. The van der Waals surface area contributed by atoms with E-state index < -0.39 is 0 Å². The van der Waals surface area contributed by atoms with Crippen LogP contribution in [0.3, 0.4) is 0 Å². The molecule has 3 heteroatoms. The van der Waals surface area contributed by atoms with Gasteiger partial charge in [-0.3, -0.25) is 4.79 Å². The first kappa shape index (κ1) is 11.1. The fourth-order valence-electron chi connectivity index (χ4n) is 2.13. The van der Waals surface area contributed by atoms with Gasteiger partial charge in [0.1, 0.15) is 5.82 Å². The van der Waals surface area contributed by atoms with Crippen LogP contribution in [0.1, 0.15) is 40.6 Å². The highest BCUT2D eigenvalue weighted by Crippen LogP contribution is 2.38. The van der Waals surface area contributed by atoms with Crippen LogP contribution in [0.2, 0.25) is 0 Å². The van der Waals surface area contributed by atoms with E-state index >= 15 is 0 Å². The summed E-state index contributed by atoms with van der Waals surface area (Å²) in [6.07, 6.45) is 5.12. The largest absolute Gasteiger partial charge is 0.298 e. The lowest BCUT2D eigenvalue weighted by Crippen LogP contribution is -1.98. The van der Waals surface area contributed by atoms with E-state index in [0.717, 1.165) is 28.9 Å². The molecule has 1 aliphatic carbocycles. The Hall–Kier alpha value is -2.03. The van der Waals surface area contributed by atoms with Gasteiger partial charge in [-0.05, 0) is 25.3 Å². The van der Waals surface area contributed by atoms with E-state index in [9.17, 15) is 4.79 Å². The van der Waals surface area contributed by atoms with Gasteiger partial charge in [-0.25, -0.2) is 9.97 Å². The first-order chi connectivity index (χ1) is 8.79. The predicted octanol–water partition coefficient (Wildman–Crippen LogP) is 3.14. The molecule has 1 heterocycles. The molecule has 0 bridgehead atoms. The molecule has 1 aromatic heterocycles. The highest BCUT2D eigenvalue weighted by atomic mass is 16.1. The van der Waals surface area contributed by atoms with E-state index in [1.165, 1.54) is 12.8 Å². The van der Waals surface area contributed by atoms with Crippen LogP contribution in [0.15, 0.2) is 30.5 Å². The molecular weight excluding hydrogens is 224 g/mol. The van der Waals surface area contributed by atoms with Crippen molar-refractivity contribution >= 4 is 6.29 Å². The van der Waals surface area contributed by atoms with Gasteiger partial charge < -0.3 is 0 Å². The van der Waals surface area contributed by atoms with Gasteiger partial charge in [0.15, 0.2) is 6.29 Å². The summed E-state index contributed by atoms with van der Waals surface area (Å²) >= 11 is 0. The van der Waals surface area contributed by atoms with Crippen LogP contribution < -0.4 is 0 Å². The third-order valence-corrected chi connectivity index (χ3v) is 3.32. The minimum absolute atomic E-state index is 0.555. The molecule has 1 aromatic carbocycles. The summed E-state index contributed by atoms with van der Waals surface area (Å²) in [4.78, 5) is 20.0. The number of aryl methyl sites for hydroxylation is 1. The van der Waals surface area contributed by atoms with Crippen molar-refractivity contribution in [2.45, 2.75) is 25.7 Å². The third-order valence-electron chi connectivity index (χ3n) is 3.32. The molecule has 18 heavy (non-hydrogen) atoms. The Morgan fingerprint density at radius 1 is 1.22 bits per heavy atom. The molecule has 0 N–H and O–H groups in total. The third kappa shape index (κ3) is 1.92. The summed E-state index contributed by atoms with van der Waals surface area (Å²) in [6, 6.07) is 7.54. The zero-order valence-electron chi connectivity index (χ0n) is 10.3. The molecule has 0 radical (unpaired) electrons. The standard InChI is InChI=1S/C15H14N2O/c1-10-14(8-16-15(17-10)11-6-7-11)13-5-3-2-4-12(13)9-18/h2-5,8-9,11H,6-7H2,1H3. The quantitative estimate of drug-likeness (QED) is 0.771. The number of nitrogens with zero attached hydrogens (tertiary/aromatic N) is 2. The van der Waals surface area contributed by atoms with Gasteiger partial charge in [-0.1, -0.05) is 24.3 Å². The average Bonchev–Trinajstić information content (AvgIpc) is 3.23. The van der Waals surface area contributed by atoms with Crippen molar-refractivity contribution in [3.8, 4) is 11.1 Å². The Morgan fingerprint density at radius 3 is 2.67 bits per heavy atom. The van der Waals surface area contributed by atoms with Crippen molar-refractivity contribution in [1.29, 1.82) is 0 Å². The Balaban J connectivity index is 2.08. The van der Waals surface area contributed by atoms with Crippen molar-refractivity contribution in [3.05, 3.63) is 47.5 Å². The van der Waals surface area contributed by atoms with Crippen LogP contribution in [0.4, 0.5) is 0 Å². The van der Waals surface area contributed by atoms with E-state index in [1.54, 1.807) is 0 Å². The van der Waals surface area contributed by atoms with E-state index in [1.807, 2.05) is 37.4 Å². The van der Waals surface area contributed by atoms with Crippen molar-refractivity contribution in [2.24, 2.45) is 0 Å². The maximum Gasteiger partial charge on any atom is 0.150 e. The molecule has 90 valence electrons. The van der Waals surface area contributed by atoms with E-state index in [2.05, 4.69) is 9.97 Å². The second-order valence-corrected chi connectivity index (χ2v) is 4.71. The lowest BCUT2D eigenvalue weighted by atomic mass is 10.0. The molecule has 0 saturated heterocycles. The lowest BCUT2D eigenvalue weighted by molar-refractivity contribution is 0.112. The second-order valence-electron chi connectivity index (χ2n) is 4.71. The number of carbonyl (C=O) groups is 1. The van der Waals surface area contributed by atoms with Crippen LogP contribution in [0.25, 0.3) is 11.1 Å². The Morgan fingerprint density at radius 2 is 2.00 bits per heavy atom. The molecule has 3 nitrogen and oxygen atoms in total. The van der Waals surface area contributed by atoms with Gasteiger partial charge in [0.2, 0.25) is 0 Å². The topological polar surface area (TPSA) is 42.9 Å². The Labute approximate surface area is 106 Å². The number of aldehydes is 1. The molecule has 1 aliphatic rings. The van der Waals surface area contributed by atoms with Gasteiger partial charge in [0.25, 0.3) is 0 Å². The van der Waals surface area contributed by atoms with Crippen molar-refractivity contribution < 1.29 is 4.79 Å². The first-order valence-electron chi connectivity index (χ1n) is 6.17. The Bertz CT molecular complexity index is 603. The number of carbonyl (C=O) groups excluding carboxylic acids is 1. The summed E-state index contributed by atoms with van der Waals surface area (Å²) in [5.74, 6) is 1.50. The maximum atomic E-state index is 11.1. The number of benzene rings is 1. The molecule has 3 rings (SSSR count). The molecule has 1 saturated carbocycles. The number of aromatic nitrogens is 2. The fraction of sp³-hybridized carbons (Fsp3) is 0.267. The lowest BCUT2D eigenvalue weighted by Gasteiger charge is -2.08. The summed E-state index contributed by atoms with van der Waals surface area (Å²) in [6.45, 7) is 1.98. The molecule has 0 spiro atoms. The fourth-order valence-corrected chi connectivity index (χ4v) is 2.13. The van der Waals surface area contributed by atoms with Crippen LogP contribution in [0.5, 0.6) is 0 Å². The number of hydrogen-bond donors (Lipinski definition) is 0. The summed E-state index contributed by atoms with van der Waals surface area (Å²) in [5.41, 5.74) is 3.49. The van der Waals surface area contributed by atoms with Gasteiger partial charge in [-0.2, -0.15) is 0 Å². The maximum absolute atomic E-state index is 11.1. The minimum Gasteiger partial charge on any atom is -0.298 e. The van der Waals surface area contributed by atoms with Gasteiger partial charge in [-0.15, -0.1) is 0 Å². The smallest absolute Gasteiger partial charge is 0.150 e. The van der Waals surface area contributed by atoms with Gasteiger partial charge in [0.05, 0.1) is 0 Å². The zero-order chi connectivity index (χ0) is 12.5. The second kappa shape index (κ2) is 4.33. The summed E-state index contributed by atoms with van der Waals surface area (Å²) in [5, 5.41) is 0. The summed E-state index contributed by atoms with van der Waals surface area (Å²) in [7, 11) is 0. The van der Waals surface area contributed by atoms with E-state index in [-0.39, 0.29) is 0 Å². The Kier molecular flexibility index (Phi) is 2.67. The van der Waals surface area contributed by atoms with Gasteiger partial charge in [0, 0.05) is 28.9 Å². The van der Waals surface area contributed by atoms with E-state index in [4.69, 9.17) is 0 Å². The molecular formula is C15H14N2O. The summed E-state index contributed by atoms with van der Waals surface area (Å²) < 4.78 is 0. The number of rotatable bonds is 3. The average molecular weight is 238 g/mol. The minimum atomic E-state index is 0.555. The van der Waals surface area contributed by atoms with Crippen LogP contribution in [-0.4, -0.2) is 16.3 Å². The normalized spacial score (nSPS) is 14.5. The molecule has 0 unspecified atom stereocenters. The zero-order valence-corrected chi connectivity index (χ0v) is 10.3. The van der Waals surface area contributed by atoms with Crippen molar-refractivity contribution in [3.63, 3.8) is 0 Å². The molecule has 1 fully saturated rings. The molecule has 0 atom stereocenters. The van der Waals surface area contributed by atoms with Crippen LogP contribution >= 0.6 is 0 Å².